The number of nitrogens with one attached hydrogen (secondary N) is 1. The summed E-state index contributed by atoms with van der Waals surface area (Å²) in [5.74, 6) is -0.646. The van der Waals surface area contributed by atoms with E-state index in [0.717, 1.165) is 18.8 Å². The van der Waals surface area contributed by atoms with Crippen LogP contribution in [0.25, 0.3) is 0 Å². The number of hydrogen-bond donors (Lipinski definition) is 2. The number of imide groups is 1. The van der Waals surface area contributed by atoms with Crippen LogP contribution in [0.1, 0.15) is 6.92 Å². The summed E-state index contributed by atoms with van der Waals surface area (Å²) in [6.45, 7) is 4.58. The molecule has 0 saturated carbocycles. The Morgan fingerprint density at radius 1 is 1.19 bits per heavy atom. The lowest BCUT2D eigenvalue weighted by atomic mass is 10.2. The first-order valence-electron chi connectivity index (χ1n) is 6.82. The van der Waals surface area contributed by atoms with E-state index in [0.29, 0.717) is 13.1 Å². The van der Waals surface area contributed by atoms with Gasteiger partial charge in [-0.05, 0) is 31.2 Å². The van der Waals surface area contributed by atoms with E-state index in [-0.39, 0.29) is 5.82 Å². The molecule has 3 N–H and O–H groups in total. The molecule has 0 bridgehead atoms. The van der Waals surface area contributed by atoms with Crippen LogP contribution in [-0.2, 0) is 4.79 Å². The molecule has 2 rings (SSSR count). The van der Waals surface area contributed by atoms with Gasteiger partial charge in [0, 0.05) is 31.9 Å². The average molecular weight is 294 g/mol. The summed E-state index contributed by atoms with van der Waals surface area (Å²) in [5, 5.41) is 2.09. The first-order valence-corrected chi connectivity index (χ1v) is 6.82. The highest BCUT2D eigenvalue weighted by Crippen LogP contribution is 2.17. The molecule has 1 aliphatic heterocycles. The number of rotatable bonds is 3. The quantitative estimate of drug-likeness (QED) is 0.852. The molecule has 0 aromatic heterocycles. The van der Waals surface area contributed by atoms with Crippen LogP contribution in [0, 0.1) is 5.82 Å². The summed E-state index contributed by atoms with van der Waals surface area (Å²) in [6, 6.07) is 5.11. The first kappa shape index (κ1) is 15.2. The van der Waals surface area contributed by atoms with Crippen LogP contribution in [0.4, 0.5) is 14.9 Å². The van der Waals surface area contributed by atoms with Gasteiger partial charge in [-0.15, -0.1) is 0 Å². The van der Waals surface area contributed by atoms with Gasteiger partial charge in [0.15, 0.2) is 0 Å². The Balaban J connectivity index is 1.89. The molecule has 6 nitrogen and oxygen atoms in total. The molecule has 1 aromatic carbocycles. The highest BCUT2D eigenvalue weighted by atomic mass is 19.1. The van der Waals surface area contributed by atoms with Gasteiger partial charge >= 0.3 is 6.03 Å². The van der Waals surface area contributed by atoms with Gasteiger partial charge in [0.1, 0.15) is 5.82 Å². The SMILES string of the molecule is CC(C(=O)NC(N)=O)N1CCN(c2ccc(F)cc2)CC1. The van der Waals surface area contributed by atoms with Crippen molar-refractivity contribution in [1.29, 1.82) is 0 Å². The predicted octanol–water partition coefficient (Wildman–Crippen LogP) is 0.531. The number of piperazine rings is 1. The van der Waals surface area contributed by atoms with Crippen molar-refractivity contribution in [2.24, 2.45) is 5.73 Å². The number of carbonyl (C=O) groups excluding carboxylic acids is 2. The molecule has 1 heterocycles. The summed E-state index contributed by atoms with van der Waals surface area (Å²) in [7, 11) is 0. The van der Waals surface area contributed by atoms with E-state index in [1.807, 2.05) is 4.90 Å². The third-order valence-corrected chi connectivity index (χ3v) is 3.68. The molecule has 1 aliphatic rings. The van der Waals surface area contributed by atoms with E-state index in [2.05, 4.69) is 10.2 Å². The number of primary amides is 1. The number of nitrogens with two attached hydrogens (primary N) is 1. The Labute approximate surface area is 122 Å². The summed E-state index contributed by atoms with van der Waals surface area (Å²) in [5.41, 5.74) is 5.91. The maximum atomic E-state index is 12.9. The van der Waals surface area contributed by atoms with Crippen LogP contribution in [-0.4, -0.2) is 49.1 Å². The fraction of sp³-hybridized carbons (Fsp3) is 0.429. The van der Waals surface area contributed by atoms with Gasteiger partial charge in [0.2, 0.25) is 5.91 Å². The van der Waals surface area contributed by atoms with Gasteiger partial charge in [0.25, 0.3) is 0 Å². The standard InChI is InChI=1S/C14H19FN4O2/c1-10(13(20)17-14(16)21)18-6-8-19(9-7-18)12-4-2-11(15)3-5-12/h2-5,10H,6-9H2,1H3,(H3,16,17,20,21). The Bertz CT molecular complexity index is 512. The molecule has 114 valence electrons. The smallest absolute Gasteiger partial charge is 0.318 e. The van der Waals surface area contributed by atoms with Crippen LogP contribution in [0.3, 0.4) is 0 Å². The van der Waals surface area contributed by atoms with E-state index >= 15 is 0 Å². The average Bonchev–Trinajstić information content (AvgIpc) is 2.47. The van der Waals surface area contributed by atoms with Gasteiger partial charge in [-0.25, -0.2) is 9.18 Å². The lowest BCUT2D eigenvalue weighted by Gasteiger charge is -2.38. The van der Waals surface area contributed by atoms with Crippen molar-refractivity contribution in [3.63, 3.8) is 0 Å². The maximum absolute atomic E-state index is 12.9. The molecule has 21 heavy (non-hydrogen) atoms. The molecule has 0 spiro atoms. The summed E-state index contributed by atoms with van der Waals surface area (Å²) >= 11 is 0. The van der Waals surface area contributed by atoms with Gasteiger partial charge < -0.3 is 10.6 Å². The lowest BCUT2D eigenvalue weighted by Crippen LogP contribution is -2.55. The second-order valence-electron chi connectivity index (χ2n) is 5.03. The van der Waals surface area contributed by atoms with E-state index in [1.54, 1.807) is 19.1 Å². The number of anilines is 1. The van der Waals surface area contributed by atoms with E-state index in [9.17, 15) is 14.0 Å². The van der Waals surface area contributed by atoms with E-state index in [4.69, 9.17) is 5.73 Å². The number of hydrogen-bond acceptors (Lipinski definition) is 4. The third kappa shape index (κ3) is 3.91. The minimum Gasteiger partial charge on any atom is -0.369 e. The molecule has 1 fully saturated rings. The summed E-state index contributed by atoms with van der Waals surface area (Å²) in [4.78, 5) is 26.5. The molecule has 1 atom stereocenters. The monoisotopic (exact) mass is 294 g/mol. The second-order valence-corrected chi connectivity index (χ2v) is 5.03. The molecule has 1 unspecified atom stereocenters. The Morgan fingerprint density at radius 3 is 2.29 bits per heavy atom. The van der Waals surface area contributed by atoms with Crippen LogP contribution in [0.15, 0.2) is 24.3 Å². The summed E-state index contributed by atoms with van der Waals surface area (Å²) < 4.78 is 12.9. The second kappa shape index (κ2) is 6.53. The van der Waals surface area contributed by atoms with Crippen LogP contribution in [0.2, 0.25) is 0 Å². The van der Waals surface area contributed by atoms with E-state index < -0.39 is 18.0 Å². The topological polar surface area (TPSA) is 78.7 Å². The zero-order chi connectivity index (χ0) is 15.4. The highest BCUT2D eigenvalue weighted by molar-refractivity contribution is 5.96. The molecular formula is C14H19FN4O2. The highest BCUT2D eigenvalue weighted by Gasteiger charge is 2.26. The molecule has 3 amide bonds. The van der Waals surface area contributed by atoms with Gasteiger partial charge in [0.05, 0.1) is 6.04 Å². The Morgan fingerprint density at radius 2 is 1.76 bits per heavy atom. The molecular weight excluding hydrogens is 275 g/mol. The van der Waals surface area contributed by atoms with Crippen molar-refractivity contribution < 1.29 is 14.0 Å². The number of carbonyl (C=O) groups is 2. The number of amides is 3. The summed E-state index contributed by atoms with van der Waals surface area (Å²) in [6.07, 6.45) is 0. The lowest BCUT2D eigenvalue weighted by molar-refractivity contribution is -0.124. The molecule has 1 saturated heterocycles. The number of urea groups is 1. The van der Waals surface area contributed by atoms with Crippen molar-refractivity contribution >= 4 is 17.6 Å². The van der Waals surface area contributed by atoms with E-state index in [1.165, 1.54) is 12.1 Å². The fourth-order valence-corrected chi connectivity index (χ4v) is 2.41. The largest absolute Gasteiger partial charge is 0.369 e. The maximum Gasteiger partial charge on any atom is 0.318 e. The van der Waals surface area contributed by atoms with Crippen molar-refractivity contribution in [1.82, 2.24) is 10.2 Å². The number of nitrogens with zero attached hydrogens (tertiary/aromatic N) is 2. The molecule has 1 aromatic rings. The fourth-order valence-electron chi connectivity index (χ4n) is 2.41. The van der Waals surface area contributed by atoms with Gasteiger partial charge in [-0.1, -0.05) is 0 Å². The molecule has 0 aliphatic carbocycles. The van der Waals surface area contributed by atoms with Crippen LogP contribution >= 0.6 is 0 Å². The zero-order valence-electron chi connectivity index (χ0n) is 11.9. The molecule has 0 radical (unpaired) electrons. The Hall–Kier alpha value is -2.15. The number of benzene rings is 1. The van der Waals surface area contributed by atoms with Crippen molar-refractivity contribution in [2.75, 3.05) is 31.1 Å². The van der Waals surface area contributed by atoms with Crippen LogP contribution < -0.4 is 16.0 Å². The van der Waals surface area contributed by atoms with Crippen molar-refractivity contribution in [3.05, 3.63) is 30.1 Å². The minimum absolute atomic E-state index is 0.255. The van der Waals surface area contributed by atoms with Gasteiger partial charge in [-0.2, -0.15) is 0 Å². The Kier molecular flexibility index (Phi) is 4.74. The molecule has 7 heteroatoms. The van der Waals surface area contributed by atoms with Crippen molar-refractivity contribution in [3.8, 4) is 0 Å². The van der Waals surface area contributed by atoms with Gasteiger partial charge in [-0.3, -0.25) is 15.0 Å². The van der Waals surface area contributed by atoms with Crippen molar-refractivity contribution in [2.45, 2.75) is 13.0 Å². The number of halogens is 1. The van der Waals surface area contributed by atoms with Crippen LogP contribution in [0.5, 0.6) is 0 Å². The zero-order valence-corrected chi connectivity index (χ0v) is 11.9. The minimum atomic E-state index is -0.836. The predicted molar refractivity (Wildman–Crippen MR) is 77.4 cm³/mol. The third-order valence-electron chi connectivity index (χ3n) is 3.68. The normalized spacial score (nSPS) is 17.3. The first-order chi connectivity index (χ1) is 9.97.